The van der Waals surface area contributed by atoms with E-state index in [4.69, 9.17) is 23.4 Å². The Morgan fingerprint density at radius 3 is 2.15 bits per heavy atom. The van der Waals surface area contributed by atoms with E-state index in [1.165, 1.54) is 48.5 Å². The van der Waals surface area contributed by atoms with Crippen LogP contribution in [0.3, 0.4) is 0 Å². The summed E-state index contributed by atoms with van der Waals surface area (Å²) in [7, 11) is 0. The number of rotatable bonds is 9. The molecule has 2 saturated heterocycles. The molecule has 18 nitrogen and oxygen atoms in total. The van der Waals surface area contributed by atoms with Crippen molar-refractivity contribution in [3.05, 3.63) is 82.0 Å². The molecule has 1 aromatic heterocycles. The molecule has 2 aliphatic rings. The maximum absolute atomic E-state index is 13.3. The lowest BCUT2D eigenvalue weighted by atomic mass is 9.89. The molecule has 0 bridgehead atoms. The molecule has 2 aliphatic heterocycles. The molecule has 54 heavy (non-hydrogen) atoms. The molecular formula is C36H36O18. The number of hydrogen-bond acceptors (Lipinski definition) is 18. The lowest BCUT2D eigenvalue weighted by Crippen LogP contribution is -2.63. The van der Waals surface area contributed by atoms with Gasteiger partial charge in [0.05, 0.1) is 12.2 Å². The minimum atomic E-state index is -2.04. The third-order valence-electron chi connectivity index (χ3n) is 9.08. The molecule has 11 N–H and O–H groups in total. The second kappa shape index (κ2) is 15.6. The van der Waals surface area contributed by atoms with Gasteiger partial charge in [-0.25, -0.2) is 4.79 Å². The number of hydrogen-bond donors (Lipinski definition) is 11. The van der Waals surface area contributed by atoms with Gasteiger partial charge in [0.2, 0.25) is 0 Å². The molecule has 288 valence electrons. The van der Waals surface area contributed by atoms with Crippen LogP contribution >= 0.6 is 0 Å². The van der Waals surface area contributed by atoms with Crippen LogP contribution in [-0.2, 0) is 23.7 Å². The van der Waals surface area contributed by atoms with E-state index in [1.807, 2.05) is 0 Å². The van der Waals surface area contributed by atoms with Crippen LogP contribution in [0.15, 0.2) is 69.9 Å². The molecule has 3 aromatic carbocycles. The largest absolute Gasteiger partial charge is 0.508 e. The van der Waals surface area contributed by atoms with Crippen molar-refractivity contribution in [2.75, 3.05) is 13.2 Å². The first-order valence-corrected chi connectivity index (χ1v) is 16.3. The monoisotopic (exact) mass is 756 g/mol. The van der Waals surface area contributed by atoms with E-state index in [0.717, 1.165) is 18.2 Å². The van der Waals surface area contributed by atoms with Crippen LogP contribution in [0.1, 0.15) is 17.2 Å². The Kier molecular flexibility index (Phi) is 11.1. The molecule has 0 spiro atoms. The topological polar surface area (TPSA) is 307 Å². The number of aromatic hydroxyl groups is 5. The zero-order valence-electron chi connectivity index (χ0n) is 27.8. The predicted octanol–water partition coefficient (Wildman–Crippen LogP) is -0.409. The van der Waals surface area contributed by atoms with Crippen LogP contribution in [-0.4, -0.2) is 130 Å². The summed E-state index contributed by atoms with van der Waals surface area (Å²) in [5.74, 6) is -3.46. The van der Waals surface area contributed by atoms with Crippen LogP contribution in [0, 0.1) is 0 Å². The number of esters is 1. The first-order valence-electron chi connectivity index (χ1n) is 16.3. The normalized spacial score (nSPS) is 28.7. The van der Waals surface area contributed by atoms with Crippen LogP contribution in [0.4, 0.5) is 0 Å². The zero-order chi connectivity index (χ0) is 39.0. The summed E-state index contributed by atoms with van der Waals surface area (Å²) >= 11 is 0. The van der Waals surface area contributed by atoms with Crippen molar-refractivity contribution in [1.29, 1.82) is 0 Å². The van der Waals surface area contributed by atoms with Gasteiger partial charge in [0.1, 0.15) is 95.5 Å². The highest BCUT2D eigenvalue weighted by Crippen LogP contribution is 2.46. The highest BCUT2D eigenvalue weighted by Gasteiger charge is 2.52. The molecule has 10 atom stereocenters. The van der Waals surface area contributed by atoms with E-state index in [-0.39, 0.29) is 22.8 Å². The standard InChI is InChI=1S/C36H36O18/c37-12-23-28(44)32(48)35(34(52-23)27-20(42)11-22-26(30(27)46)19(41)10-21(51-22)15-3-5-16(38)6-4-15)54-36-33(49)31(47)29(45)24(53-36)13-50-25(43)8-2-14-1-7-17(39)18(40)9-14/h1-11,23-24,28-29,31-40,42,44-49H,12-13H2. The van der Waals surface area contributed by atoms with Gasteiger partial charge in [-0.3, -0.25) is 4.79 Å². The highest BCUT2D eigenvalue weighted by atomic mass is 16.7. The molecule has 2 fully saturated rings. The van der Waals surface area contributed by atoms with Crippen LogP contribution in [0.2, 0.25) is 0 Å². The van der Waals surface area contributed by atoms with Crippen molar-refractivity contribution in [3.8, 4) is 40.1 Å². The number of phenols is 5. The first-order chi connectivity index (χ1) is 25.7. The van der Waals surface area contributed by atoms with E-state index in [0.29, 0.717) is 11.1 Å². The van der Waals surface area contributed by atoms with Crippen molar-refractivity contribution < 1.29 is 84.3 Å². The molecule has 0 radical (unpaired) electrons. The second-order valence-corrected chi connectivity index (χ2v) is 12.6. The minimum absolute atomic E-state index is 0.0196. The fourth-order valence-corrected chi connectivity index (χ4v) is 6.17. The SMILES string of the molecule is O=C(C=Cc1ccc(O)c(O)c1)OCC1OC(OC2C(c3c(O)cc4oc(-c5ccc(O)cc5)cc(=O)c4c3O)OC(CO)C(O)C2O)C(O)C(O)C1O. The summed E-state index contributed by atoms with van der Waals surface area (Å²) in [4.78, 5) is 25.7. The van der Waals surface area contributed by atoms with Gasteiger partial charge >= 0.3 is 5.97 Å². The Bertz CT molecular complexity index is 2080. The molecule has 0 aliphatic carbocycles. The first kappa shape index (κ1) is 38.4. The number of ether oxygens (including phenoxy) is 4. The third-order valence-corrected chi connectivity index (χ3v) is 9.08. The number of carbonyl (C=O) groups is 1. The van der Waals surface area contributed by atoms with Gasteiger partial charge in [-0.2, -0.15) is 0 Å². The van der Waals surface area contributed by atoms with Gasteiger partial charge in [-0.1, -0.05) is 6.07 Å². The van der Waals surface area contributed by atoms with Crippen molar-refractivity contribution in [2.45, 2.75) is 61.2 Å². The molecule has 3 heterocycles. The lowest BCUT2D eigenvalue weighted by Gasteiger charge is -2.46. The third kappa shape index (κ3) is 7.55. The Labute approximate surface area is 303 Å². The summed E-state index contributed by atoms with van der Waals surface area (Å²) < 4.78 is 28.1. The molecule has 6 rings (SSSR count). The summed E-state index contributed by atoms with van der Waals surface area (Å²) in [6, 6.07) is 11.4. The Balaban J connectivity index is 1.27. The van der Waals surface area contributed by atoms with Crippen LogP contribution < -0.4 is 5.43 Å². The van der Waals surface area contributed by atoms with Crippen molar-refractivity contribution in [2.24, 2.45) is 0 Å². The average molecular weight is 757 g/mol. The van der Waals surface area contributed by atoms with Crippen LogP contribution in [0.5, 0.6) is 28.7 Å². The summed E-state index contributed by atoms with van der Waals surface area (Å²) in [6.45, 7) is -1.59. The summed E-state index contributed by atoms with van der Waals surface area (Å²) in [5, 5.41) is 115. The van der Waals surface area contributed by atoms with Gasteiger partial charge in [0.25, 0.3) is 0 Å². The van der Waals surface area contributed by atoms with E-state index < -0.39 is 114 Å². The molecule has 18 heteroatoms. The Morgan fingerprint density at radius 1 is 0.759 bits per heavy atom. The molecule has 4 aromatic rings. The smallest absolute Gasteiger partial charge is 0.330 e. The second-order valence-electron chi connectivity index (χ2n) is 12.6. The average Bonchev–Trinajstić information content (AvgIpc) is 3.14. The van der Waals surface area contributed by atoms with Gasteiger partial charge in [-0.05, 0) is 48.0 Å². The van der Waals surface area contributed by atoms with E-state index in [2.05, 4.69) is 0 Å². The summed E-state index contributed by atoms with van der Waals surface area (Å²) in [6.07, 6.45) is -16.3. The van der Waals surface area contributed by atoms with Crippen LogP contribution in [0.25, 0.3) is 28.4 Å². The van der Waals surface area contributed by atoms with E-state index in [1.54, 1.807) is 0 Å². The number of carbonyl (C=O) groups excluding carboxylic acids is 1. The predicted molar refractivity (Wildman–Crippen MR) is 181 cm³/mol. The quantitative estimate of drug-likeness (QED) is 0.0588. The number of fused-ring (bicyclic) bond motifs is 1. The Morgan fingerprint density at radius 2 is 1.46 bits per heavy atom. The highest BCUT2D eigenvalue weighted by molar-refractivity contribution is 5.88. The maximum Gasteiger partial charge on any atom is 0.330 e. The van der Waals surface area contributed by atoms with Crippen molar-refractivity contribution in [3.63, 3.8) is 0 Å². The number of aliphatic hydroxyl groups excluding tert-OH is 6. The van der Waals surface area contributed by atoms with Gasteiger partial charge in [0, 0.05) is 23.8 Å². The molecular weight excluding hydrogens is 720 g/mol. The minimum Gasteiger partial charge on any atom is -0.508 e. The zero-order valence-corrected chi connectivity index (χ0v) is 27.8. The van der Waals surface area contributed by atoms with Gasteiger partial charge in [-0.15, -0.1) is 0 Å². The van der Waals surface area contributed by atoms with E-state index >= 15 is 0 Å². The maximum atomic E-state index is 13.3. The van der Waals surface area contributed by atoms with E-state index in [9.17, 15) is 65.8 Å². The lowest BCUT2D eigenvalue weighted by molar-refractivity contribution is -0.342. The summed E-state index contributed by atoms with van der Waals surface area (Å²) in [5.41, 5.74) is -0.942. The van der Waals surface area contributed by atoms with Crippen molar-refractivity contribution >= 4 is 23.0 Å². The molecule has 10 unspecified atom stereocenters. The Hall–Kier alpha value is -5.28. The number of benzene rings is 3. The number of phenolic OH excluding ortho intramolecular Hbond substituents is 5. The molecule has 0 amide bonds. The fourth-order valence-electron chi connectivity index (χ4n) is 6.17. The van der Waals surface area contributed by atoms with Gasteiger partial charge in [0.15, 0.2) is 23.2 Å². The number of aliphatic hydroxyl groups is 6. The molecule has 0 saturated carbocycles. The van der Waals surface area contributed by atoms with Gasteiger partial charge < -0.3 is 79.5 Å². The van der Waals surface area contributed by atoms with Crippen molar-refractivity contribution in [1.82, 2.24) is 0 Å². The fraction of sp³-hybridized carbons (Fsp3) is 0.333.